The van der Waals surface area contributed by atoms with Gasteiger partial charge in [0.25, 0.3) is 0 Å². The monoisotopic (exact) mass is 279 g/mol. The number of nitrogens with one attached hydrogen (secondary N) is 1. The van der Waals surface area contributed by atoms with Crippen LogP contribution in [0.5, 0.6) is 0 Å². The van der Waals surface area contributed by atoms with Crippen LogP contribution in [0.15, 0.2) is 36.5 Å². The lowest BCUT2D eigenvalue weighted by atomic mass is 10.1. The first-order valence-corrected chi connectivity index (χ1v) is 6.66. The Balaban J connectivity index is 1.73. The molecule has 0 radical (unpaired) electrons. The molecule has 102 valence electrons. The Kier molecular flexibility index (Phi) is 4.96. The Labute approximate surface area is 118 Å². The van der Waals surface area contributed by atoms with Gasteiger partial charge in [0.05, 0.1) is 6.10 Å². The number of hydrogen-bond donors (Lipinski definition) is 2. The predicted molar refractivity (Wildman–Crippen MR) is 76.2 cm³/mol. The van der Waals surface area contributed by atoms with Gasteiger partial charge in [-0.3, -0.25) is 4.68 Å². The molecular weight excluding hydrogens is 262 g/mol. The summed E-state index contributed by atoms with van der Waals surface area (Å²) in [5.41, 5.74) is 2.05. The molecule has 1 heterocycles. The van der Waals surface area contributed by atoms with Gasteiger partial charge in [0.15, 0.2) is 0 Å². The van der Waals surface area contributed by atoms with Crippen LogP contribution in [0.3, 0.4) is 0 Å². The van der Waals surface area contributed by atoms with Crippen molar-refractivity contribution < 1.29 is 5.11 Å². The molecule has 2 N–H and O–H groups in total. The largest absolute Gasteiger partial charge is 0.387 e. The van der Waals surface area contributed by atoms with Crippen molar-refractivity contribution in [3.8, 4) is 0 Å². The number of halogens is 1. The molecule has 1 atom stereocenters. The maximum atomic E-state index is 10.0. The van der Waals surface area contributed by atoms with Crippen molar-refractivity contribution in [1.29, 1.82) is 0 Å². The summed E-state index contributed by atoms with van der Waals surface area (Å²) in [4.78, 5) is 0. The predicted octanol–water partition coefficient (Wildman–Crippen LogP) is 1.94. The SMILES string of the molecule is Cn1nccc1CCNCC(O)c1ccc(Cl)cc1. The number of aliphatic hydroxyl groups excluding tert-OH is 1. The van der Waals surface area contributed by atoms with Crippen molar-refractivity contribution in [3.05, 3.63) is 52.8 Å². The second-order valence-electron chi connectivity index (χ2n) is 4.47. The number of nitrogens with zero attached hydrogens (tertiary/aromatic N) is 2. The Hall–Kier alpha value is -1.36. The van der Waals surface area contributed by atoms with Crippen LogP contribution in [0.1, 0.15) is 17.4 Å². The van der Waals surface area contributed by atoms with Gasteiger partial charge in [-0.05, 0) is 23.8 Å². The first-order valence-electron chi connectivity index (χ1n) is 6.28. The second-order valence-corrected chi connectivity index (χ2v) is 4.90. The summed E-state index contributed by atoms with van der Waals surface area (Å²) in [5.74, 6) is 0. The molecule has 5 heteroatoms. The van der Waals surface area contributed by atoms with Crippen molar-refractivity contribution in [2.24, 2.45) is 7.05 Å². The molecule has 2 rings (SSSR count). The standard InChI is InChI=1S/C14H18ClN3O/c1-18-13(7-9-17-18)6-8-16-10-14(19)11-2-4-12(15)5-3-11/h2-5,7,9,14,16,19H,6,8,10H2,1H3. The Morgan fingerprint density at radius 1 is 1.32 bits per heavy atom. The van der Waals surface area contributed by atoms with Gasteiger partial charge in [-0.15, -0.1) is 0 Å². The van der Waals surface area contributed by atoms with Crippen LogP contribution >= 0.6 is 11.6 Å². The molecule has 0 amide bonds. The minimum absolute atomic E-state index is 0.510. The summed E-state index contributed by atoms with van der Waals surface area (Å²) >= 11 is 5.81. The van der Waals surface area contributed by atoms with Crippen LogP contribution in [0, 0.1) is 0 Å². The lowest BCUT2D eigenvalue weighted by Gasteiger charge is -2.12. The van der Waals surface area contributed by atoms with Crippen molar-refractivity contribution in [2.75, 3.05) is 13.1 Å². The fourth-order valence-corrected chi connectivity index (χ4v) is 2.03. The number of rotatable bonds is 6. The highest BCUT2D eigenvalue weighted by Gasteiger charge is 2.06. The fourth-order valence-electron chi connectivity index (χ4n) is 1.90. The Morgan fingerprint density at radius 2 is 2.05 bits per heavy atom. The van der Waals surface area contributed by atoms with E-state index >= 15 is 0 Å². The normalized spacial score (nSPS) is 12.6. The zero-order valence-corrected chi connectivity index (χ0v) is 11.6. The highest BCUT2D eigenvalue weighted by Crippen LogP contribution is 2.15. The van der Waals surface area contributed by atoms with E-state index in [4.69, 9.17) is 11.6 Å². The lowest BCUT2D eigenvalue weighted by molar-refractivity contribution is 0.175. The summed E-state index contributed by atoms with van der Waals surface area (Å²) in [6.07, 6.45) is 2.17. The topological polar surface area (TPSA) is 50.1 Å². The minimum Gasteiger partial charge on any atom is -0.387 e. The van der Waals surface area contributed by atoms with Gasteiger partial charge in [-0.1, -0.05) is 23.7 Å². The van der Waals surface area contributed by atoms with Crippen LogP contribution < -0.4 is 5.32 Å². The van der Waals surface area contributed by atoms with Crippen LogP contribution in [0.25, 0.3) is 0 Å². The molecule has 0 saturated carbocycles. The van der Waals surface area contributed by atoms with E-state index in [1.54, 1.807) is 18.3 Å². The maximum Gasteiger partial charge on any atom is 0.0914 e. The molecule has 0 aliphatic rings. The summed E-state index contributed by atoms with van der Waals surface area (Å²) in [7, 11) is 1.93. The number of benzene rings is 1. The first-order chi connectivity index (χ1) is 9.16. The van der Waals surface area contributed by atoms with Crippen molar-refractivity contribution in [1.82, 2.24) is 15.1 Å². The van der Waals surface area contributed by atoms with E-state index < -0.39 is 6.10 Å². The van der Waals surface area contributed by atoms with E-state index in [1.165, 1.54) is 5.69 Å². The number of hydrogen-bond acceptors (Lipinski definition) is 3. The van der Waals surface area contributed by atoms with E-state index in [0.29, 0.717) is 11.6 Å². The van der Waals surface area contributed by atoms with E-state index in [9.17, 15) is 5.11 Å². The number of aliphatic hydroxyl groups is 1. The molecule has 0 aliphatic heterocycles. The molecule has 0 spiro atoms. The molecule has 1 aromatic heterocycles. The van der Waals surface area contributed by atoms with Gasteiger partial charge < -0.3 is 10.4 Å². The molecule has 19 heavy (non-hydrogen) atoms. The van der Waals surface area contributed by atoms with Crippen molar-refractivity contribution in [2.45, 2.75) is 12.5 Å². The van der Waals surface area contributed by atoms with E-state index in [0.717, 1.165) is 18.5 Å². The van der Waals surface area contributed by atoms with Gasteiger partial charge in [-0.25, -0.2) is 0 Å². The zero-order chi connectivity index (χ0) is 13.7. The van der Waals surface area contributed by atoms with Crippen LogP contribution in [0.4, 0.5) is 0 Å². The molecule has 0 fully saturated rings. The molecular formula is C14H18ClN3O. The summed E-state index contributed by atoms with van der Waals surface area (Å²) in [5, 5.41) is 18.0. The highest BCUT2D eigenvalue weighted by atomic mass is 35.5. The fraction of sp³-hybridized carbons (Fsp3) is 0.357. The van der Waals surface area contributed by atoms with Gasteiger partial charge in [-0.2, -0.15) is 5.10 Å². The third-order valence-corrected chi connectivity index (χ3v) is 3.32. The Morgan fingerprint density at radius 3 is 2.68 bits per heavy atom. The average molecular weight is 280 g/mol. The van der Waals surface area contributed by atoms with Crippen LogP contribution in [-0.2, 0) is 13.5 Å². The third-order valence-electron chi connectivity index (χ3n) is 3.07. The molecule has 0 bridgehead atoms. The summed E-state index contributed by atoms with van der Waals surface area (Å²) < 4.78 is 1.86. The zero-order valence-electron chi connectivity index (χ0n) is 10.9. The highest BCUT2D eigenvalue weighted by molar-refractivity contribution is 6.30. The Bertz CT molecular complexity index is 510. The van der Waals surface area contributed by atoms with Crippen LogP contribution in [0.2, 0.25) is 5.02 Å². The number of aromatic nitrogens is 2. The smallest absolute Gasteiger partial charge is 0.0914 e. The quantitative estimate of drug-likeness (QED) is 0.795. The van der Waals surface area contributed by atoms with E-state index in [1.807, 2.05) is 29.9 Å². The first kappa shape index (κ1) is 14.1. The number of aryl methyl sites for hydroxylation is 1. The van der Waals surface area contributed by atoms with E-state index in [-0.39, 0.29) is 0 Å². The summed E-state index contributed by atoms with van der Waals surface area (Å²) in [6.45, 7) is 1.34. The van der Waals surface area contributed by atoms with Gasteiger partial charge in [0.1, 0.15) is 0 Å². The molecule has 0 saturated heterocycles. The van der Waals surface area contributed by atoms with Gasteiger partial charge in [0, 0.05) is 43.5 Å². The second kappa shape index (κ2) is 6.70. The maximum absolute atomic E-state index is 10.0. The minimum atomic E-state index is -0.510. The average Bonchev–Trinajstić information content (AvgIpc) is 2.81. The molecule has 0 aliphatic carbocycles. The van der Waals surface area contributed by atoms with E-state index in [2.05, 4.69) is 10.4 Å². The lowest BCUT2D eigenvalue weighted by Crippen LogP contribution is -2.24. The van der Waals surface area contributed by atoms with Crippen molar-refractivity contribution in [3.63, 3.8) is 0 Å². The summed E-state index contributed by atoms with van der Waals surface area (Å²) in [6, 6.07) is 9.26. The van der Waals surface area contributed by atoms with Gasteiger partial charge in [0.2, 0.25) is 0 Å². The van der Waals surface area contributed by atoms with Gasteiger partial charge >= 0.3 is 0 Å². The van der Waals surface area contributed by atoms with Crippen molar-refractivity contribution >= 4 is 11.6 Å². The molecule has 4 nitrogen and oxygen atoms in total. The molecule has 2 aromatic rings. The van der Waals surface area contributed by atoms with Crippen LogP contribution in [-0.4, -0.2) is 28.0 Å². The third kappa shape index (κ3) is 4.06. The molecule has 1 unspecified atom stereocenters. The molecule has 1 aromatic carbocycles.